The highest BCUT2D eigenvalue weighted by atomic mass is 35.5. The second-order valence-corrected chi connectivity index (χ2v) is 8.91. The molecular formula is C21H16Cl2N2OS. The van der Waals surface area contributed by atoms with Gasteiger partial charge in [-0.15, -0.1) is 0 Å². The number of anilines is 1. The normalized spacial score (nSPS) is 21.0. The molecule has 2 aliphatic heterocycles. The molecule has 0 N–H and O–H groups in total. The number of allylic oxidation sites excluding steroid dienone is 1. The summed E-state index contributed by atoms with van der Waals surface area (Å²) in [5, 5.41) is 2.33. The van der Waals surface area contributed by atoms with Crippen LogP contribution in [-0.4, -0.2) is 11.0 Å². The van der Waals surface area contributed by atoms with Crippen molar-refractivity contribution in [3.05, 3.63) is 68.8 Å². The van der Waals surface area contributed by atoms with E-state index in [9.17, 15) is 4.79 Å². The van der Waals surface area contributed by atoms with Crippen molar-refractivity contribution < 1.29 is 4.79 Å². The molecular weight excluding hydrogens is 399 g/mol. The third-order valence-electron chi connectivity index (χ3n) is 5.26. The van der Waals surface area contributed by atoms with Crippen LogP contribution in [0.25, 0.3) is 0 Å². The fourth-order valence-corrected chi connectivity index (χ4v) is 5.78. The predicted molar refractivity (Wildman–Crippen MR) is 112 cm³/mol. The SMILES string of the molecule is Cc1cc(Cl)cc2c1N1C(=NC3=C(C(=O)CCC3)C1c1ccc(Cl)cc1)S2. The van der Waals surface area contributed by atoms with Gasteiger partial charge in [0.15, 0.2) is 11.0 Å². The van der Waals surface area contributed by atoms with Crippen molar-refractivity contribution in [1.29, 1.82) is 0 Å². The molecule has 0 aromatic heterocycles. The van der Waals surface area contributed by atoms with Crippen LogP contribution < -0.4 is 4.90 Å². The molecule has 0 saturated heterocycles. The fourth-order valence-electron chi connectivity index (χ4n) is 4.13. The first-order valence-corrected chi connectivity index (χ1v) is 10.5. The molecule has 1 atom stereocenters. The smallest absolute Gasteiger partial charge is 0.174 e. The van der Waals surface area contributed by atoms with Crippen LogP contribution in [0.15, 0.2) is 57.6 Å². The summed E-state index contributed by atoms with van der Waals surface area (Å²) < 4.78 is 0. The van der Waals surface area contributed by atoms with Gasteiger partial charge < -0.3 is 4.90 Å². The van der Waals surface area contributed by atoms with Crippen molar-refractivity contribution in [2.45, 2.75) is 37.1 Å². The number of halogens is 2. The largest absolute Gasteiger partial charge is 0.307 e. The van der Waals surface area contributed by atoms with Gasteiger partial charge in [0.05, 0.1) is 17.4 Å². The molecule has 0 amide bonds. The van der Waals surface area contributed by atoms with Gasteiger partial charge in [-0.1, -0.05) is 35.3 Å². The minimum Gasteiger partial charge on any atom is -0.307 e. The molecule has 2 heterocycles. The van der Waals surface area contributed by atoms with E-state index >= 15 is 0 Å². The van der Waals surface area contributed by atoms with Gasteiger partial charge in [0.25, 0.3) is 0 Å². The maximum absolute atomic E-state index is 12.9. The molecule has 0 bridgehead atoms. The molecule has 3 nitrogen and oxygen atoms in total. The molecule has 136 valence electrons. The zero-order valence-corrected chi connectivity index (χ0v) is 17.0. The topological polar surface area (TPSA) is 32.7 Å². The second-order valence-electron chi connectivity index (χ2n) is 7.03. The van der Waals surface area contributed by atoms with E-state index in [4.69, 9.17) is 28.2 Å². The first-order chi connectivity index (χ1) is 13.0. The Bertz CT molecular complexity index is 1040. The monoisotopic (exact) mass is 414 g/mol. The molecule has 2 aromatic carbocycles. The van der Waals surface area contributed by atoms with Crippen LogP contribution in [0.2, 0.25) is 10.0 Å². The van der Waals surface area contributed by atoms with E-state index in [0.717, 1.165) is 56.0 Å². The number of aliphatic imine (C=N–C) groups is 1. The summed E-state index contributed by atoms with van der Waals surface area (Å²) in [6, 6.07) is 11.6. The van der Waals surface area contributed by atoms with Gasteiger partial charge in [-0.25, -0.2) is 4.99 Å². The Balaban J connectivity index is 1.75. The average molecular weight is 415 g/mol. The molecule has 1 aliphatic carbocycles. The van der Waals surface area contributed by atoms with E-state index in [0.29, 0.717) is 11.4 Å². The Morgan fingerprint density at radius 3 is 2.67 bits per heavy atom. The van der Waals surface area contributed by atoms with Gasteiger partial charge in [-0.05, 0) is 66.9 Å². The van der Waals surface area contributed by atoms with Crippen molar-refractivity contribution in [3.8, 4) is 0 Å². The lowest BCUT2D eigenvalue weighted by Gasteiger charge is -2.37. The first-order valence-electron chi connectivity index (χ1n) is 8.90. The van der Waals surface area contributed by atoms with E-state index in [2.05, 4.69) is 11.8 Å². The van der Waals surface area contributed by atoms with Crippen LogP contribution in [0.3, 0.4) is 0 Å². The van der Waals surface area contributed by atoms with Gasteiger partial charge in [0.1, 0.15) is 0 Å². The number of ketones is 1. The van der Waals surface area contributed by atoms with E-state index < -0.39 is 0 Å². The molecule has 2 aromatic rings. The summed E-state index contributed by atoms with van der Waals surface area (Å²) in [5.41, 5.74) is 4.99. The number of rotatable bonds is 1. The van der Waals surface area contributed by atoms with Crippen LogP contribution in [-0.2, 0) is 4.79 Å². The highest BCUT2D eigenvalue weighted by Crippen LogP contribution is 2.53. The van der Waals surface area contributed by atoms with Crippen LogP contribution in [0, 0.1) is 6.92 Å². The Kier molecular flexibility index (Phi) is 4.12. The lowest BCUT2D eigenvalue weighted by Crippen LogP contribution is -2.38. The number of amidine groups is 1. The Morgan fingerprint density at radius 1 is 1.11 bits per heavy atom. The molecule has 0 fully saturated rings. The van der Waals surface area contributed by atoms with E-state index in [-0.39, 0.29) is 11.8 Å². The summed E-state index contributed by atoms with van der Waals surface area (Å²) in [7, 11) is 0. The molecule has 5 rings (SSSR count). The zero-order chi connectivity index (χ0) is 18.7. The van der Waals surface area contributed by atoms with Gasteiger partial charge in [-0.3, -0.25) is 4.79 Å². The average Bonchev–Trinajstić information content (AvgIpc) is 2.99. The zero-order valence-electron chi connectivity index (χ0n) is 14.6. The summed E-state index contributed by atoms with van der Waals surface area (Å²) in [4.78, 5) is 21.1. The summed E-state index contributed by atoms with van der Waals surface area (Å²) in [6.45, 7) is 2.06. The summed E-state index contributed by atoms with van der Waals surface area (Å²) in [6.07, 6.45) is 2.30. The van der Waals surface area contributed by atoms with Gasteiger partial charge in [0.2, 0.25) is 0 Å². The number of carbonyl (C=O) groups excluding carboxylic acids is 1. The van der Waals surface area contributed by atoms with Crippen molar-refractivity contribution in [2.24, 2.45) is 4.99 Å². The molecule has 0 saturated carbocycles. The maximum Gasteiger partial charge on any atom is 0.174 e. The van der Waals surface area contributed by atoms with Crippen LogP contribution in [0.5, 0.6) is 0 Å². The van der Waals surface area contributed by atoms with Crippen LogP contribution >= 0.6 is 35.0 Å². The van der Waals surface area contributed by atoms with E-state index in [1.807, 2.05) is 36.4 Å². The van der Waals surface area contributed by atoms with Gasteiger partial charge >= 0.3 is 0 Å². The Morgan fingerprint density at radius 2 is 1.89 bits per heavy atom. The molecule has 27 heavy (non-hydrogen) atoms. The maximum atomic E-state index is 12.9. The standard InChI is InChI=1S/C21H16Cl2N2OS/c1-11-9-14(23)10-17-19(11)25-20(12-5-7-13(22)8-6-12)18-15(24-21(25)27-17)3-2-4-16(18)26/h5-10,20H,2-4H2,1H3. The first kappa shape index (κ1) is 17.4. The molecule has 0 radical (unpaired) electrons. The minimum absolute atomic E-state index is 0.175. The quantitative estimate of drug-likeness (QED) is 0.546. The van der Waals surface area contributed by atoms with Crippen LogP contribution in [0.4, 0.5) is 5.69 Å². The number of benzene rings is 2. The lowest BCUT2D eigenvalue weighted by atomic mass is 9.84. The van der Waals surface area contributed by atoms with Crippen molar-refractivity contribution in [1.82, 2.24) is 0 Å². The second kappa shape index (κ2) is 6.40. The highest BCUT2D eigenvalue weighted by Gasteiger charge is 2.43. The number of fused-ring (bicyclic) bond motifs is 3. The van der Waals surface area contributed by atoms with Crippen LogP contribution in [0.1, 0.15) is 36.4 Å². The summed E-state index contributed by atoms with van der Waals surface area (Å²) in [5.74, 6) is 0.198. The van der Waals surface area contributed by atoms with Gasteiger partial charge in [-0.2, -0.15) is 0 Å². The number of thioether (sulfide) groups is 1. The number of hydrogen-bond donors (Lipinski definition) is 0. The van der Waals surface area contributed by atoms with E-state index in [1.54, 1.807) is 11.8 Å². The number of nitrogens with zero attached hydrogens (tertiary/aromatic N) is 2. The van der Waals surface area contributed by atoms with Gasteiger partial charge in [0, 0.05) is 26.9 Å². The predicted octanol–water partition coefficient (Wildman–Crippen LogP) is 6.33. The van der Waals surface area contributed by atoms with Crippen molar-refractivity contribution in [3.63, 3.8) is 0 Å². The third-order valence-corrected chi connectivity index (χ3v) is 6.73. The lowest BCUT2D eigenvalue weighted by molar-refractivity contribution is -0.116. The van der Waals surface area contributed by atoms with Crippen molar-refractivity contribution >= 4 is 51.6 Å². The van der Waals surface area contributed by atoms with Crippen molar-refractivity contribution in [2.75, 3.05) is 4.90 Å². The number of carbonyl (C=O) groups is 1. The molecule has 6 heteroatoms. The molecule has 3 aliphatic rings. The molecule has 1 unspecified atom stereocenters. The highest BCUT2D eigenvalue weighted by molar-refractivity contribution is 8.14. The number of aryl methyl sites for hydroxylation is 1. The minimum atomic E-state index is -0.175. The number of Topliss-reactive ketones (excluding diaryl/α,β-unsaturated/α-hetero) is 1. The fraction of sp³-hybridized carbons (Fsp3) is 0.238. The Hall–Kier alpha value is -1.75. The summed E-state index contributed by atoms with van der Waals surface area (Å²) >= 11 is 14.0. The Labute approximate surface area is 172 Å². The third kappa shape index (κ3) is 2.74. The number of hydrogen-bond acceptors (Lipinski definition) is 4. The molecule has 0 spiro atoms. The van der Waals surface area contributed by atoms with E-state index in [1.165, 1.54) is 0 Å².